The van der Waals surface area contributed by atoms with Gasteiger partial charge in [-0.15, -0.1) is 0 Å². The summed E-state index contributed by atoms with van der Waals surface area (Å²) in [5, 5.41) is 4.57. The van der Waals surface area contributed by atoms with Crippen molar-refractivity contribution < 1.29 is 9.32 Å². The highest BCUT2D eigenvalue weighted by Gasteiger charge is 2.29. The largest absolute Gasteiger partial charge is 0.337 e. The molecule has 2 aromatic carbocycles. The van der Waals surface area contributed by atoms with Crippen LogP contribution in [0.5, 0.6) is 0 Å². The van der Waals surface area contributed by atoms with E-state index in [1.54, 1.807) is 12.1 Å². The Morgan fingerprint density at radius 2 is 1.86 bits per heavy atom. The molecule has 1 unspecified atom stereocenters. The van der Waals surface area contributed by atoms with E-state index in [0.29, 0.717) is 35.4 Å². The third kappa shape index (κ3) is 4.37. The molecule has 1 amide bonds. The first-order valence-corrected chi connectivity index (χ1v) is 10.6. The van der Waals surface area contributed by atoms with E-state index >= 15 is 0 Å². The summed E-state index contributed by atoms with van der Waals surface area (Å²) in [5.74, 6) is 1.12. The lowest BCUT2D eigenvalue weighted by molar-refractivity contribution is 0.0551. The number of benzene rings is 2. The third-order valence-electron chi connectivity index (χ3n) is 5.14. The van der Waals surface area contributed by atoms with Gasteiger partial charge in [0, 0.05) is 36.2 Å². The minimum Gasteiger partial charge on any atom is -0.337 e. The van der Waals surface area contributed by atoms with E-state index in [1.165, 1.54) is 0 Å². The zero-order valence-electron chi connectivity index (χ0n) is 15.9. The molecular weight excluding hydrogens is 456 g/mol. The van der Waals surface area contributed by atoms with Crippen LogP contribution in [0, 0.1) is 0 Å². The van der Waals surface area contributed by atoms with Crippen LogP contribution in [0.1, 0.15) is 29.2 Å². The van der Waals surface area contributed by atoms with Crippen LogP contribution in [0.25, 0.3) is 11.4 Å². The van der Waals surface area contributed by atoms with Crippen molar-refractivity contribution in [1.29, 1.82) is 0 Å². The van der Waals surface area contributed by atoms with Crippen molar-refractivity contribution in [2.24, 2.45) is 0 Å². The summed E-state index contributed by atoms with van der Waals surface area (Å²) in [6.07, 6.45) is 0. The average Bonchev–Trinajstić information content (AvgIpc) is 3.25. The monoisotopic (exact) mass is 474 g/mol. The number of amides is 1. The predicted octanol–water partition coefficient (Wildman–Crippen LogP) is 4.67. The lowest BCUT2D eigenvalue weighted by atomic mass is 10.1. The second kappa shape index (κ2) is 8.65. The van der Waals surface area contributed by atoms with Crippen molar-refractivity contribution in [3.63, 3.8) is 0 Å². The van der Waals surface area contributed by atoms with Crippen molar-refractivity contribution in [3.8, 4) is 11.4 Å². The summed E-state index contributed by atoms with van der Waals surface area (Å²) in [7, 11) is 0. The van der Waals surface area contributed by atoms with Crippen molar-refractivity contribution in [2.75, 3.05) is 26.2 Å². The minimum atomic E-state index is -0.0484. The normalized spacial score (nSPS) is 16.0. The fraction of sp³-hybridized carbons (Fsp3) is 0.286. The number of aromatic nitrogens is 2. The number of piperazine rings is 1. The van der Waals surface area contributed by atoms with Crippen molar-refractivity contribution in [2.45, 2.75) is 13.0 Å². The van der Waals surface area contributed by atoms with Crippen LogP contribution in [-0.4, -0.2) is 52.0 Å². The molecule has 0 saturated carbocycles. The zero-order valence-corrected chi connectivity index (χ0v) is 18.2. The van der Waals surface area contributed by atoms with Gasteiger partial charge in [0.2, 0.25) is 11.7 Å². The first-order chi connectivity index (χ1) is 14.0. The van der Waals surface area contributed by atoms with Crippen molar-refractivity contribution >= 4 is 33.4 Å². The molecule has 3 aromatic rings. The number of carbonyl (C=O) groups excluding carboxylic acids is 1. The highest BCUT2D eigenvalue weighted by atomic mass is 79.9. The smallest absolute Gasteiger partial charge is 0.255 e. The Balaban J connectivity index is 1.40. The Labute approximate surface area is 182 Å². The molecule has 29 heavy (non-hydrogen) atoms. The van der Waals surface area contributed by atoms with Gasteiger partial charge in [-0.3, -0.25) is 9.69 Å². The Bertz CT molecular complexity index is 1000. The van der Waals surface area contributed by atoms with Gasteiger partial charge in [0.15, 0.2) is 0 Å². The first kappa shape index (κ1) is 20.1. The maximum absolute atomic E-state index is 12.8. The van der Waals surface area contributed by atoms with E-state index < -0.39 is 0 Å². The van der Waals surface area contributed by atoms with E-state index in [-0.39, 0.29) is 11.9 Å². The van der Waals surface area contributed by atoms with Crippen LogP contribution in [0.3, 0.4) is 0 Å². The number of nitrogens with zero attached hydrogens (tertiary/aromatic N) is 4. The quantitative estimate of drug-likeness (QED) is 0.549. The molecule has 1 atom stereocenters. The summed E-state index contributed by atoms with van der Waals surface area (Å²) in [6, 6.07) is 15.1. The van der Waals surface area contributed by atoms with Gasteiger partial charge in [0.25, 0.3) is 5.91 Å². The molecule has 0 N–H and O–H groups in total. The van der Waals surface area contributed by atoms with E-state index in [9.17, 15) is 4.79 Å². The summed E-state index contributed by atoms with van der Waals surface area (Å²) in [4.78, 5) is 21.5. The van der Waals surface area contributed by atoms with E-state index in [2.05, 4.69) is 31.0 Å². The van der Waals surface area contributed by atoms with Crippen LogP contribution in [0.15, 0.2) is 57.5 Å². The fourth-order valence-corrected chi connectivity index (χ4v) is 3.97. The Morgan fingerprint density at radius 3 is 2.59 bits per heavy atom. The van der Waals surface area contributed by atoms with Crippen LogP contribution < -0.4 is 0 Å². The van der Waals surface area contributed by atoms with Crippen molar-refractivity contribution in [3.05, 3.63) is 69.5 Å². The van der Waals surface area contributed by atoms with Crippen LogP contribution in [0.2, 0.25) is 5.02 Å². The molecular formula is C21H20BrClN4O2. The average molecular weight is 476 g/mol. The summed E-state index contributed by atoms with van der Waals surface area (Å²) in [5.41, 5.74) is 1.45. The van der Waals surface area contributed by atoms with Gasteiger partial charge >= 0.3 is 0 Å². The third-order valence-corrected chi connectivity index (χ3v) is 5.96. The molecule has 1 fully saturated rings. The van der Waals surface area contributed by atoms with Gasteiger partial charge in [-0.1, -0.05) is 63.0 Å². The van der Waals surface area contributed by atoms with E-state index in [4.69, 9.17) is 16.1 Å². The van der Waals surface area contributed by atoms with Crippen molar-refractivity contribution in [1.82, 2.24) is 19.9 Å². The predicted molar refractivity (Wildman–Crippen MR) is 115 cm³/mol. The topological polar surface area (TPSA) is 62.5 Å². The second-order valence-corrected chi connectivity index (χ2v) is 8.27. The SMILES string of the molecule is CC(c1nc(-c2ccccc2)no1)N1CCN(C(=O)c2cc(Br)ccc2Cl)CC1. The van der Waals surface area contributed by atoms with Crippen LogP contribution in [-0.2, 0) is 0 Å². The molecule has 1 aliphatic heterocycles. The Morgan fingerprint density at radius 1 is 1.14 bits per heavy atom. The summed E-state index contributed by atoms with van der Waals surface area (Å²) >= 11 is 9.62. The molecule has 1 aliphatic rings. The molecule has 4 rings (SSSR count). The maximum atomic E-state index is 12.8. The van der Waals surface area contributed by atoms with Gasteiger partial charge in [0.1, 0.15) is 0 Å². The molecule has 0 spiro atoms. The Kier molecular flexibility index (Phi) is 5.99. The number of carbonyl (C=O) groups is 1. The molecule has 0 radical (unpaired) electrons. The summed E-state index contributed by atoms with van der Waals surface area (Å²) in [6.45, 7) is 4.73. The van der Waals surface area contributed by atoms with E-state index in [0.717, 1.165) is 23.1 Å². The van der Waals surface area contributed by atoms with Gasteiger partial charge in [-0.05, 0) is 25.1 Å². The number of rotatable bonds is 4. The highest BCUT2D eigenvalue weighted by Crippen LogP contribution is 2.26. The number of hydrogen-bond acceptors (Lipinski definition) is 5. The molecule has 8 heteroatoms. The molecule has 6 nitrogen and oxygen atoms in total. The lowest BCUT2D eigenvalue weighted by Gasteiger charge is -2.37. The highest BCUT2D eigenvalue weighted by molar-refractivity contribution is 9.10. The summed E-state index contributed by atoms with van der Waals surface area (Å²) < 4.78 is 6.34. The van der Waals surface area contributed by atoms with Gasteiger partial charge < -0.3 is 9.42 Å². The molecule has 150 valence electrons. The minimum absolute atomic E-state index is 0.0216. The van der Waals surface area contributed by atoms with Gasteiger partial charge in [-0.2, -0.15) is 4.98 Å². The molecule has 1 aromatic heterocycles. The number of halogens is 2. The molecule has 0 bridgehead atoms. The lowest BCUT2D eigenvalue weighted by Crippen LogP contribution is -2.49. The zero-order chi connectivity index (χ0) is 20.4. The van der Waals surface area contributed by atoms with E-state index in [1.807, 2.05) is 48.2 Å². The molecule has 2 heterocycles. The standard InChI is InChI=1S/C21H20BrClN4O2/c1-14(20-24-19(25-29-20)15-5-3-2-4-6-15)26-9-11-27(12-10-26)21(28)17-13-16(22)7-8-18(17)23/h2-8,13-14H,9-12H2,1H3. The maximum Gasteiger partial charge on any atom is 0.255 e. The first-order valence-electron chi connectivity index (χ1n) is 9.40. The fourth-order valence-electron chi connectivity index (χ4n) is 3.41. The van der Waals surface area contributed by atoms with Gasteiger partial charge in [0.05, 0.1) is 16.6 Å². The second-order valence-electron chi connectivity index (χ2n) is 6.95. The van der Waals surface area contributed by atoms with Gasteiger partial charge in [-0.25, -0.2) is 0 Å². The number of hydrogen-bond donors (Lipinski definition) is 0. The van der Waals surface area contributed by atoms with Crippen LogP contribution in [0.4, 0.5) is 0 Å². The molecule has 1 saturated heterocycles. The Hall–Kier alpha value is -2.22. The van der Waals surface area contributed by atoms with Crippen LogP contribution >= 0.6 is 27.5 Å². The molecule has 0 aliphatic carbocycles.